The van der Waals surface area contributed by atoms with Crippen molar-refractivity contribution in [1.82, 2.24) is 0 Å². The molecule has 0 spiro atoms. The first kappa shape index (κ1) is 17.3. The van der Waals surface area contributed by atoms with Crippen LogP contribution in [0.4, 0.5) is 5.69 Å². The zero-order valence-corrected chi connectivity index (χ0v) is 13.7. The molecular weight excluding hydrogens is 310 g/mol. The highest BCUT2D eigenvalue weighted by Gasteiger charge is 2.17. The van der Waals surface area contributed by atoms with Crippen LogP contribution in [0.3, 0.4) is 0 Å². The van der Waals surface area contributed by atoms with Gasteiger partial charge in [0.15, 0.2) is 6.61 Å². The lowest BCUT2D eigenvalue weighted by molar-refractivity contribution is -0.385. The standard InChI is InChI=1S/C18H17NO5/c1-11-4-7-15(13(3)8-11)17(20)10-24-18(21)14-6-5-12(2)16(9-14)19(22)23/h4-9H,10H2,1-3H3. The molecule has 0 amide bonds. The van der Waals surface area contributed by atoms with Gasteiger partial charge in [0.2, 0.25) is 5.78 Å². The zero-order chi connectivity index (χ0) is 17.9. The van der Waals surface area contributed by atoms with E-state index in [-0.39, 0.29) is 17.0 Å². The molecule has 0 aliphatic rings. The molecule has 2 aromatic carbocycles. The van der Waals surface area contributed by atoms with Crippen molar-refractivity contribution in [2.45, 2.75) is 20.8 Å². The number of Topliss-reactive ketones (excluding diaryl/α,β-unsaturated/α-hetero) is 1. The minimum atomic E-state index is -0.767. The number of carbonyl (C=O) groups excluding carboxylic acids is 2. The smallest absolute Gasteiger partial charge is 0.338 e. The number of benzene rings is 2. The van der Waals surface area contributed by atoms with Gasteiger partial charge in [-0.25, -0.2) is 4.79 Å². The molecule has 0 unspecified atom stereocenters. The quantitative estimate of drug-likeness (QED) is 0.363. The van der Waals surface area contributed by atoms with Crippen LogP contribution < -0.4 is 0 Å². The summed E-state index contributed by atoms with van der Waals surface area (Å²) in [5.74, 6) is -1.08. The number of ketones is 1. The second-order valence-electron chi connectivity index (χ2n) is 5.58. The van der Waals surface area contributed by atoms with Gasteiger partial charge < -0.3 is 4.74 Å². The molecule has 0 radical (unpaired) electrons. The van der Waals surface area contributed by atoms with Gasteiger partial charge >= 0.3 is 5.97 Å². The van der Waals surface area contributed by atoms with E-state index in [2.05, 4.69) is 0 Å². The summed E-state index contributed by atoms with van der Waals surface area (Å²) >= 11 is 0. The number of aryl methyl sites for hydroxylation is 3. The van der Waals surface area contributed by atoms with Gasteiger partial charge in [0, 0.05) is 17.2 Å². The van der Waals surface area contributed by atoms with Gasteiger partial charge in [0.1, 0.15) is 0 Å². The van der Waals surface area contributed by atoms with E-state index in [9.17, 15) is 19.7 Å². The fraction of sp³-hybridized carbons (Fsp3) is 0.222. The maximum absolute atomic E-state index is 12.2. The maximum atomic E-state index is 12.2. The number of ether oxygens (including phenoxy) is 1. The number of nitro groups is 1. The van der Waals surface area contributed by atoms with Gasteiger partial charge in [-0.1, -0.05) is 29.8 Å². The summed E-state index contributed by atoms with van der Waals surface area (Å²) in [6, 6.07) is 9.44. The van der Waals surface area contributed by atoms with E-state index in [0.29, 0.717) is 11.1 Å². The SMILES string of the molecule is Cc1ccc(C(=O)COC(=O)c2ccc(C)c([N+](=O)[O-])c2)c(C)c1. The highest BCUT2D eigenvalue weighted by Crippen LogP contribution is 2.20. The van der Waals surface area contributed by atoms with E-state index < -0.39 is 17.5 Å². The number of esters is 1. The predicted octanol–water partition coefficient (Wildman–Crippen LogP) is 3.56. The molecule has 0 aliphatic heterocycles. The van der Waals surface area contributed by atoms with Gasteiger partial charge in [0.25, 0.3) is 5.69 Å². The van der Waals surface area contributed by atoms with E-state index in [1.807, 2.05) is 26.0 Å². The Morgan fingerprint density at radius 1 is 1.04 bits per heavy atom. The summed E-state index contributed by atoms with van der Waals surface area (Å²) in [4.78, 5) is 34.5. The molecule has 0 aliphatic carbocycles. The van der Waals surface area contributed by atoms with Gasteiger partial charge in [-0.15, -0.1) is 0 Å². The third-order valence-corrected chi connectivity index (χ3v) is 3.66. The molecule has 6 heteroatoms. The average Bonchev–Trinajstić information content (AvgIpc) is 2.52. The first-order valence-electron chi connectivity index (χ1n) is 7.32. The van der Waals surface area contributed by atoms with Crippen molar-refractivity contribution >= 4 is 17.4 Å². The number of nitro benzene ring substituents is 1. The normalized spacial score (nSPS) is 10.3. The molecule has 0 saturated heterocycles. The van der Waals surface area contributed by atoms with Crippen LogP contribution >= 0.6 is 0 Å². The van der Waals surface area contributed by atoms with Crippen LogP contribution in [0.1, 0.15) is 37.4 Å². The minimum Gasteiger partial charge on any atom is -0.454 e. The molecule has 0 heterocycles. The zero-order valence-electron chi connectivity index (χ0n) is 13.7. The topological polar surface area (TPSA) is 86.5 Å². The molecule has 0 aromatic heterocycles. The Kier molecular flexibility index (Phi) is 5.08. The van der Waals surface area contributed by atoms with Crippen LogP contribution in [0, 0.1) is 30.9 Å². The van der Waals surface area contributed by atoms with Gasteiger partial charge in [0.05, 0.1) is 10.5 Å². The monoisotopic (exact) mass is 327 g/mol. The van der Waals surface area contributed by atoms with Crippen LogP contribution in [0.5, 0.6) is 0 Å². The Bertz CT molecular complexity index is 826. The number of nitrogens with zero attached hydrogens (tertiary/aromatic N) is 1. The number of hydrogen-bond donors (Lipinski definition) is 0. The fourth-order valence-corrected chi connectivity index (χ4v) is 2.35. The van der Waals surface area contributed by atoms with Crippen molar-refractivity contribution in [3.63, 3.8) is 0 Å². The summed E-state index contributed by atoms with van der Waals surface area (Å²) in [6.07, 6.45) is 0. The van der Waals surface area contributed by atoms with E-state index >= 15 is 0 Å². The summed E-state index contributed by atoms with van der Waals surface area (Å²) in [7, 11) is 0. The third-order valence-electron chi connectivity index (χ3n) is 3.66. The van der Waals surface area contributed by atoms with Crippen LogP contribution in [-0.2, 0) is 4.74 Å². The lowest BCUT2D eigenvalue weighted by Gasteiger charge is -2.08. The molecule has 2 rings (SSSR count). The first-order chi connectivity index (χ1) is 11.3. The Hall–Kier alpha value is -3.02. The van der Waals surface area contributed by atoms with Crippen LogP contribution in [0.15, 0.2) is 36.4 Å². The van der Waals surface area contributed by atoms with Gasteiger partial charge in [-0.2, -0.15) is 0 Å². The Labute approximate surface area is 139 Å². The number of carbonyl (C=O) groups is 2. The van der Waals surface area contributed by atoms with Crippen molar-refractivity contribution < 1.29 is 19.2 Å². The van der Waals surface area contributed by atoms with Crippen molar-refractivity contribution in [3.05, 3.63) is 74.3 Å². The molecular formula is C18H17NO5. The van der Waals surface area contributed by atoms with E-state index in [1.54, 1.807) is 13.0 Å². The van der Waals surface area contributed by atoms with Crippen LogP contribution in [-0.4, -0.2) is 23.3 Å². The lowest BCUT2D eigenvalue weighted by atomic mass is 10.0. The minimum absolute atomic E-state index is 0.0423. The molecule has 0 bridgehead atoms. The number of rotatable bonds is 5. The number of hydrogen-bond acceptors (Lipinski definition) is 5. The molecule has 0 saturated carbocycles. The van der Waals surface area contributed by atoms with E-state index in [4.69, 9.17) is 4.74 Å². The molecule has 24 heavy (non-hydrogen) atoms. The molecule has 2 aromatic rings. The molecule has 124 valence electrons. The molecule has 6 nitrogen and oxygen atoms in total. The summed E-state index contributed by atoms with van der Waals surface area (Å²) < 4.78 is 4.99. The third kappa shape index (κ3) is 3.84. The summed E-state index contributed by atoms with van der Waals surface area (Å²) in [5.41, 5.74) is 2.66. The Morgan fingerprint density at radius 2 is 1.75 bits per heavy atom. The first-order valence-corrected chi connectivity index (χ1v) is 7.32. The van der Waals surface area contributed by atoms with Crippen molar-refractivity contribution in [2.24, 2.45) is 0 Å². The summed E-state index contributed by atoms with van der Waals surface area (Å²) in [5, 5.41) is 10.9. The maximum Gasteiger partial charge on any atom is 0.338 e. The Morgan fingerprint density at radius 3 is 2.38 bits per heavy atom. The van der Waals surface area contributed by atoms with Crippen LogP contribution in [0.25, 0.3) is 0 Å². The highest BCUT2D eigenvalue weighted by atomic mass is 16.6. The van der Waals surface area contributed by atoms with E-state index in [1.165, 1.54) is 12.1 Å². The Balaban J connectivity index is 2.09. The van der Waals surface area contributed by atoms with Crippen LogP contribution in [0.2, 0.25) is 0 Å². The second kappa shape index (κ2) is 7.04. The molecule has 0 atom stereocenters. The van der Waals surface area contributed by atoms with Gasteiger partial charge in [-0.3, -0.25) is 14.9 Å². The van der Waals surface area contributed by atoms with E-state index in [0.717, 1.165) is 17.2 Å². The van der Waals surface area contributed by atoms with Crippen molar-refractivity contribution in [3.8, 4) is 0 Å². The lowest BCUT2D eigenvalue weighted by Crippen LogP contribution is -2.15. The average molecular weight is 327 g/mol. The van der Waals surface area contributed by atoms with Crippen molar-refractivity contribution in [1.29, 1.82) is 0 Å². The fourth-order valence-electron chi connectivity index (χ4n) is 2.35. The predicted molar refractivity (Wildman–Crippen MR) is 88.4 cm³/mol. The van der Waals surface area contributed by atoms with Crippen molar-refractivity contribution in [2.75, 3.05) is 6.61 Å². The molecule has 0 fully saturated rings. The second-order valence-corrected chi connectivity index (χ2v) is 5.58. The highest BCUT2D eigenvalue weighted by molar-refractivity contribution is 6.00. The molecule has 0 N–H and O–H groups in total. The largest absolute Gasteiger partial charge is 0.454 e. The summed E-state index contributed by atoms with van der Waals surface area (Å²) in [6.45, 7) is 4.90. The van der Waals surface area contributed by atoms with Gasteiger partial charge in [-0.05, 0) is 32.4 Å².